The predicted octanol–water partition coefficient (Wildman–Crippen LogP) is 2.03. The van der Waals surface area contributed by atoms with Crippen molar-refractivity contribution in [2.24, 2.45) is 0 Å². The molecule has 0 saturated heterocycles. The number of hydrogen-bond donors (Lipinski definition) is 0. The lowest BCUT2D eigenvalue weighted by Gasteiger charge is -2.00. The fraction of sp³-hybridized carbons (Fsp3) is 0. The Hall–Kier alpha value is -3.88. The van der Waals surface area contributed by atoms with Crippen LogP contribution in [0.5, 0.6) is 0 Å². The lowest BCUT2D eigenvalue weighted by molar-refractivity contribution is 0.431. The van der Waals surface area contributed by atoms with E-state index >= 15 is 0 Å². The van der Waals surface area contributed by atoms with E-state index in [-0.39, 0.29) is 0 Å². The molecule has 120 valence electrons. The summed E-state index contributed by atoms with van der Waals surface area (Å²) in [4.78, 5) is 12.9. The summed E-state index contributed by atoms with van der Waals surface area (Å²) in [5.74, 6) is 1.40. The zero-order valence-electron chi connectivity index (χ0n) is 12.8. The Morgan fingerprint density at radius 1 is 0.960 bits per heavy atom. The number of pyridine rings is 2. The van der Waals surface area contributed by atoms with Crippen molar-refractivity contribution in [1.29, 1.82) is 0 Å². The number of aromatic nitrogens is 8. The molecule has 0 aromatic carbocycles. The van der Waals surface area contributed by atoms with Crippen molar-refractivity contribution < 1.29 is 4.52 Å². The highest BCUT2D eigenvalue weighted by atomic mass is 16.5. The van der Waals surface area contributed by atoms with Crippen LogP contribution in [-0.2, 0) is 0 Å². The second kappa shape index (κ2) is 5.34. The lowest BCUT2D eigenvalue weighted by Crippen LogP contribution is -1.98. The van der Waals surface area contributed by atoms with Crippen molar-refractivity contribution in [3.05, 3.63) is 61.4 Å². The molecular formula is C16H10N8O. The minimum absolute atomic E-state index is 0.326. The van der Waals surface area contributed by atoms with Crippen molar-refractivity contribution in [2.45, 2.75) is 0 Å². The van der Waals surface area contributed by atoms with Gasteiger partial charge in [-0.15, -0.1) is 0 Å². The zero-order chi connectivity index (χ0) is 16.6. The fourth-order valence-electron chi connectivity index (χ4n) is 2.54. The molecule has 25 heavy (non-hydrogen) atoms. The minimum Gasteiger partial charge on any atom is -0.332 e. The van der Waals surface area contributed by atoms with Crippen LogP contribution in [0.2, 0.25) is 0 Å². The lowest BCUT2D eigenvalue weighted by atomic mass is 10.2. The Morgan fingerprint density at radius 2 is 1.96 bits per heavy atom. The van der Waals surface area contributed by atoms with Crippen LogP contribution in [-0.4, -0.2) is 39.5 Å². The molecule has 0 spiro atoms. The topological polar surface area (TPSA) is 99.8 Å². The highest BCUT2D eigenvalue weighted by Gasteiger charge is 2.16. The smallest absolute Gasteiger partial charge is 0.276 e. The number of nitrogens with zero attached hydrogens (tertiary/aromatic N) is 8. The molecule has 5 heterocycles. The number of rotatable bonds is 3. The molecule has 0 radical (unpaired) electrons. The highest BCUT2D eigenvalue weighted by molar-refractivity contribution is 5.75. The van der Waals surface area contributed by atoms with Gasteiger partial charge in [-0.3, -0.25) is 0 Å². The summed E-state index contributed by atoms with van der Waals surface area (Å²) < 4.78 is 8.71. The SMILES string of the molecule is c1cc(-c2nc(-c3cnn4ccccc34)no2)nc(-n2cncn2)c1. The van der Waals surface area contributed by atoms with Crippen LogP contribution in [0.3, 0.4) is 0 Å². The van der Waals surface area contributed by atoms with E-state index in [2.05, 4.69) is 30.3 Å². The summed E-state index contributed by atoms with van der Waals surface area (Å²) in [7, 11) is 0. The summed E-state index contributed by atoms with van der Waals surface area (Å²) in [6.45, 7) is 0. The molecule has 0 saturated carbocycles. The van der Waals surface area contributed by atoms with Gasteiger partial charge in [0.05, 0.1) is 17.3 Å². The van der Waals surface area contributed by atoms with E-state index in [0.717, 1.165) is 11.1 Å². The molecule has 5 aromatic heterocycles. The van der Waals surface area contributed by atoms with E-state index < -0.39 is 0 Å². The van der Waals surface area contributed by atoms with Gasteiger partial charge >= 0.3 is 0 Å². The molecule has 0 N–H and O–H groups in total. The normalized spacial score (nSPS) is 11.2. The second-order valence-corrected chi connectivity index (χ2v) is 5.23. The Bertz CT molecular complexity index is 1160. The van der Waals surface area contributed by atoms with E-state index in [9.17, 15) is 0 Å². The van der Waals surface area contributed by atoms with Crippen LogP contribution in [0.1, 0.15) is 0 Å². The third kappa shape index (κ3) is 2.26. The van der Waals surface area contributed by atoms with Crippen molar-refractivity contribution in [1.82, 2.24) is 39.5 Å². The standard InChI is InChI=1S/C16H10N8O/c1-2-7-23-13(5-1)11(8-18-23)15-21-16(25-22-15)12-4-3-6-14(20-12)24-10-17-9-19-24/h1-10H. The molecule has 5 rings (SSSR count). The molecule has 5 aromatic rings. The van der Waals surface area contributed by atoms with Crippen molar-refractivity contribution in [3.8, 4) is 28.8 Å². The fourth-order valence-corrected chi connectivity index (χ4v) is 2.54. The van der Waals surface area contributed by atoms with Crippen LogP contribution in [0.25, 0.3) is 34.3 Å². The molecule has 0 aliphatic heterocycles. The molecule has 0 aliphatic rings. The number of fused-ring (bicyclic) bond motifs is 1. The third-order valence-corrected chi connectivity index (χ3v) is 3.70. The number of hydrogen-bond acceptors (Lipinski definition) is 7. The van der Waals surface area contributed by atoms with Gasteiger partial charge in [0.25, 0.3) is 5.89 Å². The van der Waals surface area contributed by atoms with E-state index in [0.29, 0.717) is 23.2 Å². The summed E-state index contributed by atoms with van der Waals surface area (Å²) in [6.07, 6.45) is 6.60. The van der Waals surface area contributed by atoms with Crippen LogP contribution < -0.4 is 0 Å². The summed E-state index contributed by atoms with van der Waals surface area (Å²) in [5, 5.41) is 12.4. The van der Waals surface area contributed by atoms with Gasteiger partial charge in [0.15, 0.2) is 5.82 Å². The average molecular weight is 330 g/mol. The van der Waals surface area contributed by atoms with Gasteiger partial charge in [-0.2, -0.15) is 15.2 Å². The van der Waals surface area contributed by atoms with Crippen molar-refractivity contribution in [3.63, 3.8) is 0 Å². The summed E-state index contributed by atoms with van der Waals surface area (Å²) in [5.41, 5.74) is 2.26. The predicted molar refractivity (Wildman–Crippen MR) is 86.6 cm³/mol. The van der Waals surface area contributed by atoms with Crippen molar-refractivity contribution in [2.75, 3.05) is 0 Å². The second-order valence-electron chi connectivity index (χ2n) is 5.23. The highest BCUT2D eigenvalue weighted by Crippen LogP contribution is 2.24. The third-order valence-electron chi connectivity index (χ3n) is 3.70. The van der Waals surface area contributed by atoms with Gasteiger partial charge in [0, 0.05) is 6.20 Å². The molecule has 9 heteroatoms. The van der Waals surface area contributed by atoms with Gasteiger partial charge in [-0.05, 0) is 24.3 Å². The van der Waals surface area contributed by atoms with Crippen molar-refractivity contribution >= 4 is 5.52 Å². The van der Waals surface area contributed by atoms with Gasteiger partial charge in [0.2, 0.25) is 5.82 Å². The first kappa shape index (κ1) is 13.5. The Labute approximate surface area is 140 Å². The average Bonchev–Trinajstić information content (AvgIpc) is 3.40. The molecular weight excluding hydrogens is 320 g/mol. The van der Waals surface area contributed by atoms with E-state index in [1.807, 2.05) is 36.5 Å². The first-order chi connectivity index (χ1) is 12.4. The Kier molecular flexibility index (Phi) is 2.89. The monoisotopic (exact) mass is 330 g/mol. The molecule has 9 nitrogen and oxygen atoms in total. The maximum Gasteiger partial charge on any atom is 0.276 e. The zero-order valence-corrected chi connectivity index (χ0v) is 12.8. The van der Waals surface area contributed by atoms with Crippen LogP contribution in [0, 0.1) is 0 Å². The summed E-state index contributed by atoms with van der Waals surface area (Å²) in [6, 6.07) is 11.3. The molecule has 0 unspecified atom stereocenters. The maximum atomic E-state index is 5.39. The first-order valence-corrected chi connectivity index (χ1v) is 7.47. The molecule has 0 fully saturated rings. The van der Waals surface area contributed by atoms with E-state index in [4.69, 9.17) is 4.52 Å². The molecule has 0 atom stereocenters. The maximum absolute atomic E-state index is 5.39. The van der Waals surface area contributed by atoms with Crippen LogP contribution >= 0.6 is 0 Å². The summed E-state index contributed by atoms with van der Waals surface area (Å²) >= 11 is 0. The molecule has 0 aliphatic carbocycles. The van der Waals surface area contributed by atoms with E-state index in [1.165, 1.54) is 6.33 Å². The Morgan fingerprint density at radius 3 is 2.88 bits per heavy atom. The van der Waals surface area contributed by atoms with Crippen LogP contribution in [0.4, 0.5) is 0 Å². The van der Waals surface area contributed by atoms with E-state index in [1.54, 1.807) is 27.8 Å². The molecule has 0 amide bonds. The minimum atomic E-state index is 0.326. The van der Waals surface area contributed by atoms with Gasteiger partial charge in [0.1, 0.15) is 18.3 Å². The van der Waals surface area contributed by atoms with Gasteiger partial charge < -0.3 is 4.52 Å². The quantitative estimate of drug-likeness (QED) is 0.499. The molecule has 0 bridgehead atoms. The van der Waals surface area contributed by atoms with Gasteiger partial charge in [-0.1, -0.05) is 17.3 Å². The van der Waals surface area contributed by atoms with Crippen LogP contribution in [0.15, 0.2) is 66.0 Å². The first-order valence-electron chi connectivity index (χ1n) is 7.47. The van der Waals surface area contributed by atoms with Gasteiger partial charge in [-0.25, -0.2) is 19.2 Å². The largest absolute Gasteiger partial charge is 0.332 e. The Balaban J connectivity index is 1.56.